The summed E-state index contributed by atoms with van der Waals surface area (Å²) in [5.74, 6) is 1.69. The maximum absolute atomic E-state index is 5.62. The van der Waals surface area contributed by atoms with Gasteiger partial charge in [0.15, 0.2) is 0 Å². The monoisotopic (exact) mass is 264 g/mol. The summed E-state index contributed by atoms with van der Waals surface area (Å²) in [6.07, 6.45) is 5.54. The number of nitrogens with zero attached hydrogens (tertiary/aromatic N) is 1. The van der Waals surface area contributed by atoms with E-state index in [9.17, 15) is 0 Å². The van der Waals surface area contributed by atoms with Crippen LogP contribution in [0.1, 0.15) is 71.6 Å². The van der Waals surface area contributed by atoms with E-state index in [1.54, 1.807) is 6.20 Å². The standard InChI is InChI=1S/C16H28N2O/c1-11-9-17-14(19-11)12(2)18-13-7-15(3,4)10-16(5,6)8-13/h9,12-13,18H,7-8,10H2,1-6H3. The van der Waals surface area contributed by atoms with Gasteiger partial charge in [-0.25, -0.2) is 4.98 Å². The van der Waals surface area contributed by atoms with E-state index in [1.165, 1.54) is 19.3 Å². The first-order chi connectivity index (χ1) is 8.67. The fourth-order valence-electron chi connectivity index (χ4n) is 3.96. The molecular weight excluding hydrogens is 236 g/mol. The van der Waals surface area contributed by atoms with Crippen LogP contribution in [-0.2, 0) is 0 Å². The number of aromatic nitrogens is 1. The van der Waals surface area contributed by atoms with Crippen molar-refractivity contribution in [1.29, 1.82) is 0 Å². The van der Waals surface area contributed by atoms with Crippen molar-refractivity contribution in [2.24, 2.45) is 10.8 Å². The van der Waals surface area contributed by atoms with E-state index in [1.807, 2.05) is 6.92 Å². The van der Waals surface area contributed by atoms with Crippen molar-refractivity contribution in [3.8, 4) is 0 Å². The molecule has 1 atom stereocenters. The van der Waals surface area contributed by atoms with Gasteiger partial charge in [0.25, 0.3) is 0 Å². The highest BCUT2D eigenvalue weighted by atomic mass is 16.4. The van der Waals surface area contributed by atoms with Gasteiger partial charge in [-0.3, -0.25) is 0 Å². The third-order valence-electron chi connectivity index (χ3n) is 4.05. The zero-order valence-electron chi connectivity index (χ0n) is 13.2. The fraction of sp³-hybridized carbons (Fsp3) is 0.812. The minimum absolute atomic E-state index is 0.184. The van der Waals surface area contributed by atoms with E-state index in [4.69, 9.17) is 4.42 Å². The summed E-state index contributed by atoms with van der Waals surface area (Å²) >= 11 is 0. The molecule has 0 radical (unpaired) electrons. The van der Waals surface area contributed by atoms with Gasteiger partial charge in [-0.1, -0.05) is 27.7 Å². The van der Waals surface area contributed by atoms with Crippen molar-refractivity contribution >= 4 is 0 Å². The molecule has 1 aromatic rings. The van der Waals surface area contributed by atoms with Crippen LogP contribution in [0.4, 0.5) is 0 Å². The zero-order chi connectivity index (χ0) is 14.3. The highest BCUT2D eigenvalue weighted by Crippen LogP contribution is 2.46. The lowest BCUT2D eigenvalue weighted by Gasteiger charge is -2.45. The molecule has 0 spiro atoms. The molecule has 1 N–H and O–H groups in total. The second-order valence-electron chi connectivity index (χ2n) is 7.81. The Morgan fingerprint density at radius 3 is 2.32 bits per heavy atom. The van der Waals surface area contributed by atoms with Gasteiger partial charge in [0.1, 0.15) is 5.76 Å². The summed E-state index contributed by atoms with van der Waals surface area (Å²) in [5, 5.41) is 3.70. The molecule has 3 nitrogen and oxygen atoms in total. The lowest BCUT2D eigenvalue weighted by molar-refractivity contribution is 0.0795. The third kappa shape index (κ3) is 3.82. The molecule has 0 aromatic carbocycles. The topological polar surface area (TPSA) is 38.1 Å². The van der Waals surface area contributed by atoms with Crippen LogP contribution in [0.3, 0.4) is 0 Å². The van der Waals surface area contributed by atoms with Crippen molar-refractivity contribution in [3.63, 3.8) is 0 Å². The molecule has 1 aromatic heterocycles. The number of aryl methyl sites for hydroxylation is 1. The summed E-state index contributed by atoms with van der Waals surface area (Å²) in [6, 6.07) is 0.726. The van der Waals surface area contributed by atoms with E-state index >= 15 is 0 Å². The highest BCUT2D eigenvalue weighted by Gasteiger charge is 2.38. The maximum atomic E-state index is 5.62. The Kier molecular flexibility index (Phi) is 3.78. The summed E-state index contributed by atoms with van der Waals surface area (Å²) < 4.78 is 5.62. The van der Waals surface area contributed by atoms with E-state index in [0.717, 1.165) is 11.7 Å². The van der Waals surface area contributed by atoms with Gasteiger partial charge >= 0.3 is 0 Å². The third-order valence-corrected chi connectivity index (χ3v) is 4.05. The Morgan fingerprint density at radius 1 is 1.26 bits per heavy atom. The average molecular weight is 264 g/mol. The molecule has 0 saturated heterocycles. The first-order valence-electron chi connectivity index (χ1n) is 7.35. The number of oxazole rings is 1. The Bertz CT molecular complexity index is 418. The average Bonchev–Trinajstić information content (AvgIpc) is 2.59. The number of hydrogen-bond acceptors (Lipinski definition) is 3. The predicted molar refractivity (Wildman–Crippen MR) is 78.0 cm³/mol. The van der Waals surface area contributed by atoms with Crippen molar-refractivity contribution < 1.29 is 4.42 Å². The second-order valence-corrected chi connectivity index (χ2v) is 7.81. The van der Waals surface area contributed by atoms with E-state index in [2.05, 4.69) is 44.9 Å². The van der Waals surface area contributed by atoms with Crippen LogP contribution in [-0.4, -0.2) is 11.0 Å². The molecule has 2 rings (SSSR count). The molecule has 3 heteroatoms. The van der Waals surface area contributed by atoms with Crippen molar-refractivity contribution in [3.05, 3.63) is 17.8 Å². The Balaban J connectivity index is 2.02. The Labute approximate surface area is 117 Å². The van der Waals surface area contributed by atoms with E-state index in [0.29, 0.717) is 16.9 Å². The molecular formula is C16H28N2O. The van der Waals surface area contributed by atoms with Crippen molar-refractivity contribution in [2.45, 2.75) is 72.9 Å². The van der Waals surface area contributed by atoms with Crippen LogP contribution >= 0.6 is 0 Å². The van der Waals surface area contributed by atoms with Gasteiger partial charge in [0.05, 0.1) is 12.2 Å². The Morgan fingerprint density at radius 2 is 1.84 bits per heavy atom. The molecule has 19 heavy (non-hydrogen) atoms. The summed E-state index contributed by atoms with van der Waals surface area (Å²) in [6.45, 7) is 13.6. The smallest absolute Gasteiger partial charge is 0.211 e. The minimum Gasteiger partial charge on any atom is -0.444 e. The van der Waals surface area contributed by atoms with Crippen molar-refractivity contribution in [2.75, 3.05) is 0 Å². The fourth-order valence-corrected chi connectivity index (χ4v) is 3.96. The molecule has 0 bridgehead atoms. The predicted octanol–water partition coefficient (Wildman–Crippen LogP) is 4.24. The van der Waals surface area contributed by atoms with Crippen LogP contribution in [0.2, 0.25) is 0 Å². The molecule has 1 fully saturated rings. The largest absolute Gasteiger partial charge is 0.444 e. The minimum atomic E-state index is 0.184. The first-order valence-corrected chi connectivity index (χ1v) is 7.35. The summed E-state index contributed by atoms with van der Waals surface area (Å²) in [5.41, 5.74) is 0.817. The highest BCUT2D eigenvalue weighted by molar-refractivity contribution is 4.98. The zero-order valence-corrected chi connectivity index (χ0v) is 13.2. The van der Waals surface area contributed by atoms with Gasteiger partial charge in [-0.05, 0) is 43.9 Å². The lowest BCUT2D eigenvalue weighted by Crippen LogP contribution is -2.44. The van der Waals surface area contributed by atoms with Gasteiger partial charge < -0.3 is 9.73 Å². The molecule has 1 aliphatic rings. The number of nitrogens with one attached hydrogen (secondary N) is 1. The molecule has 0 aliphatic heterocycles. The van der Waals surface area contributed by atoms with Gasteiger partial charge in [0.2, 0.25) is 5.89 Å². The van der Waals surface area contributed by atoms with Crippen LogP contribution in [0, 0.1) is 17.8 Å². The van der Waals surface area contributed by atoms with E-state index in [-0.39, 0.29) is 6.04 Å². The molecule has 1 heterocycles. The van der Waals surface area contributed by atoms with Crippen LogP contribution in [0.25, 0.3) is 0 Å². The number of rotatable bonds is 3. The maximum Gasteiger partial charge on any atom is 0.211 e. The normalized spacial score (nSPS) is 24.3. The quantitative estimate of drug-likeness (QED) is 0.887. The van der Waals surface area contributed by atoms with Gasteiger partial charge in [-0.2, -0.15) is 0 Å². The first kappa shape index (κ1) is 14.6. The SMILES string of the molecule is Cc1cnc(C(C)NC2CC(C)(C)CC(C)(C)C2)o1. The molecule has 1 unspecified atom stereocenters. The molecule has 0 amide bonds. The Hall–Kier alpha value is -0.830. The van der Waals surface area contributed by atoms with Crippen LogP contribution in [0.15, 0.2) is 10.6 Å². The lowest BCUT2D eigenvalue weighted by atomic mass is 9.63. The van der Waals surface area contributed by atoms with Gasteiger partial charge in [0, 0.05) is 6.04 Å². The van der Waals surface area contributed by atoms with E-state index < -0.39 is 0 Å². The van der Waals surface area contributed by atoms with Crippen molar-refractivity contribution in [1.82, 2.24) is 10.3 Å². The molecule has 1 saturated carbocycles. The van der Waals surface area contributed by atoms with Crippen LogP contribution in [0.5, 0.6) is 0 Å². The summed E-state index contributed by atoms with van der Waals surface area (Å²) in [7, 11) is 0. The number of hydrogen-bond donors (Lipinski definition) is 1. The summed E-state index contributed by atoms with van der Waals surface area (Å²) in [4.78, 5) is 4.32. The molecule has 108 valence electrons. The molecule has 1 aliphatic carbocycles. The van der Waals surface area contributed by atoms with Gasteiger partial charge in [-0.15, -0.1) is 0 Å². The van der Waals surface area contributed by atoms with Crippen LogP contribution < -0.4 is 5.32 Å². The second kappa shape index (κ2) is 4.93.